The second-order valence-corrected chi connectivity index (χ2v) is 5.58. The van der Waals surface area contributed by atoms with Crippen LogP contribution in [0.25, 0.3) is 0 Å². The molecule has 0 aliphatic heterocycles. The molecule has 0 amide bonds. The lowest BCUT2D eigenvalue weighted by Gasteiger charge is -2.16. The number of nitrogens with one attached hydrogen (secondary N) is 1. The minimum Gasteiger partial charge on any atom is -0.457 e. The summed E-state index contributed by atoms with van der Waals surface area (Å²) in [5.74, 6) is 1.05. The molecule has 0 bridgehead atoms. The number of aryl methyl sites for hydroxylation is 1. The molecule has 1 atom stereocenters. The summed E-state index contributed by atoms with van der Waals surface area (Å²) in [4.78, 5) is 0. The summed E-state index contributed by atoms with van der Waals surface area (Å²) in [6.07, 6.45) is -6.32. The van der Waals surface area contributed by atoms with E-state index in [-0.39, 0.29) is 0 Å². The molecule has 0 aliphatic carbocycles. The van der Waals surface area contributed by atoms with Gasteiger partial charge in [0.2, 0.25) is 0 Å². The van der Waals surface area contributed by atoms with Crippen LogP contribution in [-0.4, -0.2) is 23.9 Å². The van der Waals surface area contributed by atoms with Gasteiger partial charge in [-0.15, -0.1) is 0 Å². The molecule has 0 saturated carbocycles. The van der Waals surface area contributed by atoms with Gasteiger partial charge in [0.25, 0.3) is 0 Å². The van der Waals surface area contributed by atoms with E-state index in [1.807, 2.05) is 13.0 Å². The first-order valence-electron chi connectivity index (χ1n) is 7.34. The van der Waals surface area contributed by atoms with Gasteiger partial charge in [-0.25, -0.2) is 0 Å². The fourth-order valence-electron chi connectivity index (χ4n) is 2.02. The summed E-state index contributed by atoms with van der Waals surface area (Å²) >= 11 is 6.05. The van der Waals surface area contributed by atoms with Gasteiger partial charge in [0, 0.05) is 23.3 Å². The maximum absolute atomic E-state index is 12.3. The topological polar surface area (TPSA) is 41.5 Å². The molecule has 2 N–H and O–H groups in total. The molecular formula is C17H17ClF3NO2. The van der Waals surface area contributed by atoms with Crippen molar-refractivity contribution in [3.05, 3.63) is 53.1 Å². The predicted molar refractivity (Wildman–Crippen MR) is 87.9 cm³/mol. The van der Waals surface area contributed by atoms with Crippen LogP contribution in [0.2, 0.25) is 5.02 Å². The van der Waals surface area contributed by atoms with Gasteiger partial charge in [-0.05, 0) is 42.3 Å². The number of aliphatic hydroxyl groups excluding tert-OH is 1. The van der Waals surface area contributed by atoms with Crippen molar-refractivity contribution in [2.45, 2.75) is 25.6 Å². The van der Waals surface area contributed by atoms with E-state index in [2.05, 4.69) is 5.32 Å². The first-order chi connectivity index (χ1) is 11.3. The quantitative estimate of drug-likeness (QED) is 0.760. The molecule has 0 fully saturated rings. The summed E-state index contributed by atoms with van der Waals surface area (Å²) in [6.45, 7) is 1.34. The number of hydrogen-bond donors (Lipinski definition) is 2. The molecule has 0 heterocycles. The zero-order valence-electron chi connectivity index (χ0n) is 12.9. The Kier molecular flexibility index (Phi) is 5.96. The highest BCUT2D eigenvalue weighted by Gasteiger charge is 2.37. The van der Waals surface area contributed by atoms with Gasteiger partial charge in [-0.1, -0.05) is 24.6 Å². The average Bonchev–Trinajstić information content (AvgIpc) is 2.54. The zero-order chi connectivity index (χ0) is 17.7. The Morgan fingerprint density at radius 1 is 1.17 bits per heavy atom. The highest BCUT2D eigenvalue weighted by atomic mass is 35.5. The van der Waals surface area contributed by atoms with Crippen molar-refractivity contribution >= 4 is 17.3 Å². The Bertz CT molecular complexity index is 692. The Hall–Kier alpha value is -1.92. The monoisotopic (exact) mass is 359 g/mol. The number of anilines is 1. The Balaban J connectivity index is 2.05. The van der Waals surface area contributed by atoms with E-state index in [0.717, 1.165) is 12.0 Å². The molecule has 2 aromatic carbocycles. The smallest absolute Gasteiger partial charge is 0.416 e. The van der Waals surface area contributed by atoms with E-state index in [9.17, 15) is 13.2 Å². The fraction of sp³-hybridized carbons (Fsp3) is 0.294. The molecule has 0 aromatic heterocycles. The lowest BCUT2D eigenvalue weighted by atomic mass is 10.1. The summed E-state index contributed by atoms with van der Waals surface area (Å²) in [7, 11) is 0. The molecule has 130 valence electrons. The van der Waals surface area contributed by atoms with Crippen LogP contribution in [0.15, 0.2) is 42.5 Å². The largest absolute Gasteiger partial charge is 0.457 e. The van der Waals surface area contributed by atoms with Crippen molar-refractivity contribution in [3.63, 3.8) is 0 Å². The van der Waals surface area contributed by atoms with Crippen LogP contribution in [0.1, 0.15) is 12.5 Å². The third-order valence-corrected chi connectivity index (χ3v) is 3.71. The molecule has 1 unspecified atom stereocenters. The molecule has 2 aromatic rings. The number of aliphatic hydroxyl groups is 1. The van der Waals surface area contributed by atoms with E-state index >= 15 is 0 Å². The highest BCUT2D eigenvalue weighted by molar-refractivity contribution is 6.31. The summed E-state index contributed by atoms with van der Waals surface area (Å²) in [6, 6.07) is 11.8. The van der Waals surface area contributed by atoms with Crippen LogP contribution in [-0.2, 0) is 6.42 Å². The molecule has 0 spiro atoms. The van der Waals surface area contributed by atoms with Crippen molar-refractivity contribution in [1.82, 2.24) is 0 Å². The third kappa shape index (κ3) is 5.04. The van der Waals surface area contributed by atoms with Crippen molar-refractivity contribution in [2.75, 3.05) is 11.9 Å². The van der Waals surface area contributed by atoms with Gasteiger partial charge in [0.15, 0.2) is 6.10 Å². The Labute approximate surface area is 143 Å². The zero-order valence-corrected chi connectivity index (χ0v) is 13.7. The fourth-order valence-corrected chi connectivity index (χ4v) is 2.27. The number of hydrogen-bond acceptors (Lipinski definition) is 3. The maximum atomic E-state index is 12.3. The lowest BCUT2D eigenvalue weighted by Crippen LogP contribution is -2.34. The summed E-state index contributed by atoms with van der Waals surface area (Å²) < 4.78 is 42.6. The lowest BCUT2D eigenvalue weighted by molar-refractivity contribution is -0.198. The second kappa shape index (κ2) is 7.77. The summed E-state index contributed by atoms with van der Waals surface area (Å²) in [5, 5.41) is 12.2. The third-order valence-electron chi connectivity index (χ3n) is 3.35. The van der Waals surface area contributed by atoms with Gasteiger partial charge in [-0.2, -0.15) is 13.2 Å². The first kappa shape index (κ1) is 18.4. The van der Waals surface area contributed by atoms with E-state index in [0.29, 0.717) is 22.2 Å². The van der Waals surface area contributed by atoms with E-state index < -0.39 is 18.8 Å². The van der Waals surface area contributed by atoms with E-state index in [1.165, 1.54) is 0 Å². The number of rotatable bonds is 6. The first-order valence-corrected chi connectivity index (χ1v) is 7.72. The van der Waals surface area contributed by atoms with Crippen molar-refractivity contribution in [3.8, 4) is 11.5 Å². The average molecular weight is 360 g/mol. The van der Waals surface area contributed by atoms with Crippen LogP contribution < -0.4 is 10.1 Å². The van der Waals surface area contributed by atoms with Gasteiger partial charge >= 0.3 is 6.18 Å². The van der Waals surface area contributed by atoms with Gasteiger partial charge in [0.05, 0.1) is 0 Å². The second-order valence-electron chi connectivity index (χ2n) is 5.17. The Morgan fingerprint density at radius 2 is 1.88 bits per heavy atom. The van der Waals surface area contributed by atoms with Crippen molar-refractivity contribution in [2.24, 2.45) is 0 Å². The molecule has 0 saturated heterocycles. The van der Waals surface area contributed by atoms with Crippen LogP contribution in [0.3, 0.4) is 0 Å². The number of ether oxygens (including phenoxy) is 1. The van der Waals surface area contributed by atoms with E-state index in [1.54, 1.807) is 36.4 Å². The van der Waals surface area contributed by atoms with Crippen molar-refractivity contribution < 1.29 is 23.0 Å². The standard InChI is InChI=1S/C17H17ClF3NO2/c1-2-11-8-14(6-7-15(11)18)24-13-5-3-4-12(9-13)22-10-16(23)17(19,20)21/h3-9,16,22-23H,2,10H2,1H3. The molecule has 0 radical (unpaired) electrons. The molecule has 0 aliphatic rings. The van der Waals surface area contributed by atoms with Crippen LogP contribution >= 0.6 is 11.6 Å². The number of alkyl halides is 3. The SMILES string of the molecule is CCc1cc(Oc2cccc(NCC(O)C(F)(F)F)c2)ccc1Cl. The van der Waals surface area contributed by atoms with Crippen LogP contribution in [0, 0.1) is 0 Å². The highest BCUT2D eigenvalue weighted by Crippen LogP contribution is 2.28. The van der Waals surface area contributed by atoms with Crippen molar-refractivity contribution in [1.29, 1.82) is 0 Å². The summed E-state index contributed by atoms with van der Waals surface area (Å²) in [5.41, 5.74) is 1.36. The van der Waals surface area contributed by atoms with Gasteiger partial charge < -0.3 is 15.2 Å². The normalized spacial score (nSPS) is 12.8. The minimum absolute atomic E-state index is 0.417. The van der Waals surface area contributed by atoms with Gasteiger partial charge in [-0.3, -0.25) is 0 Å². The molecule has 3 nitrogen and oxygen atoms in total. The molecule has 7 heteroatoms. The molecule has 2 rings (SSSR count). The molecular weight excluding hydrogens is 343 g/mol. The van der Waals surface area contributed by atoms with E-state index in [4.69, 9.17) is 21.4 Å². The van der Waals surface area contributed by atoms with Gasteiger partial charge in [0.1, 0.15) is 11.5 Å². The van der Waals surface area contributed by atoms with Crippen LogP contribution in [0.4, 0.5) is 18.9 Å². The maximum Gasteiger partial charge on any atom is 0.416 e. The predicted octanol–water partition coefficient (Wildman–Crippen LogP) is 5.03. The molecule has 24 heavy (non-hydrogen) atoms. The number of benzene rings is 2. The van der Waals surface area contributed by atoms with Crippen LogP contribution in [0.5, 0.6) is 11.5 Å². The number of halogens is 4. The minimum atomic E-state index is -4.65. The Morgan fingerprint density at radius 3 is 2.54 bits per heavy atom.